The van der Waals surface area contributed by atoms with Gasteiger partial charge in [-0.05, 0) is 74.8 Å². The van der Waals surface area contributed by atoms with Crippen LogP contribution in [0.2, 0.25) is 10.0 Å². The zero-order valence-corrected chi connectivity index (χ0v) is 19.7. The monoisotopic (exact) mass is 445 g/mol. The molecule has 0 aliphatic heterocycles. The van der Waals surface area contributed by atoms with Gasteiger partial charge in [0, 0.05) is 23.0 Å². The van der Waals surface area contributed by atoms with Crippen LogP contribution in [0.3, 0.4) is 0 Å². The van der Waals surface area contributed by atoms with Gasteiger partial charge in [0.1, 0.15) is 5.82 Å². The molecule has 5 heteroatoms. The molecule has 0 saturated heterocycles. The van der Waals surface area contributed by atoms with Gasteiger partial charge in [-0.2, -0.15) is 0 Å². The van der Waals surface area contributed by atoms with E-state index in [1.54, 1.807) is 0 Å². The number of rotatable bonds is 12. The fourth-order valence-electron chi connectivity index (χ4n) is 3.87. The number of aromatic nitrogens is 2. The van der Waals surface area contributed by atoms with Gasteiger partial charge in [-0.3, -0.25) is 0 Å². The van der Waals surface area contributed by atoms with Crippen LogP contribution >= 0.6 is 23.2 Å². The van der Waals surface area contributed by atoms with Crippen LogP contribution in [0.1, 0.15) is 57.3 Å². The fourth-order valence-corrected chi connectivity index (χ4v) is 4.17. The summed E-state index contributed by atoms with van der Waals surface area (Å²) < 4.78 is 2.37. The van der Waals surface area contributed by atoms with Crippen LogP contribution in [0.25, 0.3) is 11.0 Å². The normalized spacial score (nSPS) is 11.6. The molecular weight excluding hydrogens is 413 g/mol. The van der Waals surface area contributed by atoms with Crippen LogP contribution in [0.5, 0.6) is 0 Å². The van der Waals surface area contributed by atoms with Crippen molar-refractivity contribution in [3.8, 4) is 0 Å². The van der Waals surface area contributed by atoms with Crippen molar-refractivity contribution in [3.05, 3.63) is 63.9 Å². The maximum Gasteiger partial charge on any atom is 0.114 e. The van der Waals surface area contributed by atoms with Crippen molar-refractivity contribution in [1.29, 1.82) is 0 Å². The summed E-state index contributed by atoms with van der Waals surface area (Å²) in [5, 5.41) is 1.49. The van der Waals surface area contributed by atoms with Crippen molar-refractivity contribution < 1.29 is 0 Å². The smallest absolute Gasteiger partial charge is 0.114 e. The molecule has 3 aromatic rings. The minimum atomic E-state index is 0.732. The summed E-state index contributed by atoms with van der Waals surface area (Å²) in [4.78, 5) is 7.55. The predicted octanol–water partition coefficient (Wildman–Crippen LogP) is 7.23. The average molecular weight is 446 g/mol. The molecule has 2 aromatic carbocycles. The lowest BCUT2D eigenvalue weighted by molar-refractivity contribution is 0.257. The first-order valence-corrected chi connectivity index (χ1v) is 12.0. The molecular formula is C25H33Cl2N3. The molecule has 0 unspecified atom stereocenters. The van der Waals surface area contributed by atoms with E-state index >= 15 is 0 Å². The molecule has 0 amide bonds. The van der Waals surface area contributed by atoms with E-state index in [2.05, 4.69) is 41.5 Å². The topological polar surface area (TPSA) is 21.1 Å². The number of unbranched alkanes of at least 4 members (excludes halogenated alkanes) is 2. The van der Waals surface area contributed by atoms with E-state index in [0.717, 1.165) is 52.8 Å². The van der Waals surface area contributed by atoms with Crippen LogP contribution in [0.4, 0.5) is 0 Å². The first-order chi connectivity index (χ1) is 14.6. The van der Waals surface area contributed by atoms with Crippen molar-refractivity contribution in [2.45, 2.75) is 58.9 Å². The Bertz CT molecular complexity index is 910. The molecule has 162 valence electrons. The predicted molar refractivity (Wildman–Crippen MR) is 130 cm³/mol. The van der Waals surface area contributed by atoms with Crippen LogP contribution < -0.4 is 0 Å². The van der Waals surface area contributed by atoms with Crippen molar-refractivity contribution in [2.24, 2.45) is 0 Å². The van der Waals surface area contributed by atoms with Gasteiger partial charge in [-0.1, -0.05) is 62.0 Å². The second-order valence-electron chi connectivity index (χ2n) is 8.02. The highest BCUT2D eigenvalue weighted by Gasteiger charge is 2.13. The van der Waals surface area contributed by atoms with Gasteiger partial charge < -0.3 is 9.47 Å². The van der Waals surface area contributed by atoms with Crippen LogP contribution in [-0.4, -0.2) is 34.1 Å². The number of hydrogen-bond donors (Lipinski definition) is 0. The molecule has 0 saturated carbocycles. The standard InChI is InChI=1S/C25H33Cl2N3/c1-3-5-14-29(15-6-4-2)16-7-17-30-24-13-12-22(27)19-23(24)28-25(30)18-20-8-10-21(26)11-9-20/h8-13,19H,3-7,14-18H2,1-2H3. The SMILES string of the molecule is CCCCN(CCCC)CCCn1c(Cc2ccc(Cl)cc2)nc2cc(Cl)ccc21. The zero-order valence-electron chi connectivity index (χ0n) is 18.2. The number of halogens is 2. The number of imidazole rings is 1. The molecule has 0 aliphatic rings. The molecule has 1 aromatic heterocycles. The maximum absolute atomic E-state index is 6.23. The molecule has 3 nitrogen and oxygen atoms in total. The van der Waals surface area contributed by atoms with Gasteiger partial charge in [-0.15, -0.1) is 0 Å². The van der Waals surface area contributed by atoms with Crippen LogP contribution in [0.15, 0.2) is 42.5 Å². The molecule has 0 atom stereocenters. The molecule has 0 radical (unpaired) electrons. The third kappa shape index (κ3) is 6.47. The number of nitrogens with zero attached hydrogens (tertiary/aromatic N) is 3. The first-order valence-electron chi connectivity index (χ1n) is 11.2. The summed E-state index contributed by atoms with van der Waals surface area (Å²) >= 11 is 12.3. The molecule has 3 rings (SSSR count). The Labute approximate surface area is 191 Å². The summed E-state index contributed by atoms with van der Waals surface area (Å²) in [6, 6.07) is 14.1. The van der Waals surface area contributed by atoms with Crippen molar-refractivity contribution in [1.82, 2.24) is 14.5 Å². The quantitative estimate of drug-likeness (QED) is 0.293. The highest BCUT2D eigenvalue weighted by molar-refractivity contribution is 6.31. The number of fused-ring (bicyclic) bond motifs is 1. The summed E-state index contributed by atoms with van der Waals surface area (Å²) in [7, 11) is 0. The van der Waals surface area contributed by atoms with E-state index in [1.807, 2.05) is 24.3 Å². The van der Waals surface area contributed by atoms with E-state index in [0.29, 0.717) is 0 Å². The van der Waals surface area contributed by atoms with Crippen molar-refractivity contribution >= 4 is 34.2 Å². The number of benzene rings is 2. The average Bonchev–Trinajstić information content (AvgIpc) is 3.07. The van der Waals surface area contributed by atoms with Gasteiger partial charge in [0.2, 0.25) is 0 Å². The lowest BCUT2D eigenvalue weighted by atomic mass is 10.1. The van der Waals surface area contributed by atoms with Gasteiger partial charge in [0.25, 0.3) is 0 Å². The lowest BCUT2D eigenvalue weighted by Gasteiger charge is -2.22. The number of aryl methyl sites for hydroxylation is 1. The largest absolute Gasteiger partial charge is 0.328 e. The van der Waals surface area contributed by atoms with E-state index in [4.69, 9.17) is 28.2 Å². The van der Waals surface area contributed by atoms with E-state index < -0.39 is 0 Å². The summed E-state index contributed by atoms with van der Waals surface area (Å²) in [6.07, 6.45) is 6.96. The summed E-state index contributed by atoms with van der Waals surface area (Å²) in [5.41, 5.74) is 3.35. The summed E-state index contributed by atoms with van der Waals surface area (Å²) in [5.74, 6) is 1.09. The summed E-state index contributed by atoms with van der Waals surface area (Å²) in [6.45, 7) is 9.04. The van der Waals surface area contributed by atoms with Crippen molar-refractivity contribution in [3.63, 3.8) is 0 Å². The first kappa shape index (κ1) is 23.1. The molecule has 0 fully saturated rings. The molecule has 0 spiro atoms. The molecule has 0 aliphatic carbocycles. The molecule has 30 heavy (non-hydrogen) atoms. The third-order valence-corrected chi connectivity index (χ3v) is 6.06. The number of hydrogen-bond acceptors (Lipinski definition) is 2. The molecule has 0 bridgehead atoms. The Hall–Kier alpha value is -1.55. The Balaban J connectivity index is 1.76. The zero-order chi connectivity index (χ0) is 21.3. The Morgan fingerprint density at radius 3 is 2.13 bits per heavy atom. The Morgan fingerprint density at radius 1 is 0.833 bits per heavy atom. The maximum atomic E-state index is 6.23. The third-order valence-electron chi connectivity index (χ3n) is 5.58. The molecule has 1 heterocycles. The minimum absolute atomic E-state index is 0.732. The van der Waals surface area contributed by atoms with Crippen LogP contribution in [-0.2, 0) is 13.0 Å². The second-order valence-corrected chi connectivity index (χ2v) is 8.89. The lowest BCUT2D eigenvalue weighted by Crippen LogP contribution is -2.28. The minimum Gasteiger partial charge on any atom is -0.328 e. The van der Waals surface area contributed by atoms with E-state index in [1.165, 1.54) is 44.3 Å². The van der Waals surface area contributed by atoms with Gasteiger partial charge >= 0.3 is 0 Å². The van der Waals surface area contributed by atoms with Crippen molar-refractivity contribution in [2.75, 3.05) is 19.6 Å². The Morgan fingerprint density at radius 2 is 1.47 bits per heavy atom. The highest BCUT2D eigenvalue weighted by Crippen LogP contribution is 2.23. The van der Waals surface area contributed by atoms with Gasteiger partial charge in [0.15, 0.2) is 0 Å². The Kier molecular flexibility index (Phi) is 9.05. The highest BCUT2D eigenvalue weighted by atomic mass is 35.5. The molecule has 0 N–H and O–H groups in total. The second kappa shape index (κ2) is 11.7. The fraction of sp³-hybridized carbons (Fsp3) is 0.480. The van der Waals surface area contributed by atoms with Gasteiger partial charge in [0.05, 0.1) is 11.0 Å². The van der Waals surface area contributed by atoms with Gasteiger partial charge in [-0.25, -0.2) is 4.98 Å². The van der Waals surface area contributed by atoms with E-state index in [9.17, 15) is 0 Å². The van der Waals surface area contributed by atoms with Crippen LogP contribution in [0, 0.1) is 0 Å². The van der Waals surface area contributed by atoms with E-state index in [-0.39, 0.29) is 0 Å².